The summed E-state index contributed by atoms with van der Waals surface area (Å²) >= 11 is 0. The lowest BCUT2D eigenvalue weighted by atomic mass is 10.1. The van der Waals surface area contributed by atoms with Crippen LogP contribution in [0.3, 0.4) is 0 Å². The summed E-state index contributed by atoms with van der Waals surface area (Å²) in [6, 6.07) is 5.23. The van der Waals surface area contributed by atoms with E-state index < -0.39 is 0 Å². The van der Waals surface area contributed by atoms with E-state index in [9.17, 15) is 4.79 Å². The SMILES string of the molecule is CCOc1cc(C=O)ccc1OCCC(C)C. The molecule has 0 aliphatic carbocycles. The summed E-state index contributed by atoms with van der Waals surface area (Å²) in [5, 5.41) is 0. The van der Waals surface area contributed by atoms with Crippen LogP contribution in [0.1, 0.15) is 37.6 Å². The van der Waals surface area contributed by atoms with Gasteiger partial charge in [0.05, 0.1) is 13.2 Å². The fourth-order valence-corrected chi connectivity index (χ4v) is 1.39. The summed E-state index contributed by atoms with van der Waals surface area (Å²) < 4.78 is 11.1. The Morgan fingerprint density at radius 3 is 2.59 bits per heavy atom. The topological polar surface area (TPSA) is 35.5 Å². The minimum Gasteiger partial charge on any atom is -0.490 e. The van der Waals surface area contributed by atoms with Crippen molar-refractivity contribution in [1.82, 2.24) is 0 Å². The van der Waals surface area contributed by atoms with Crippen molar-refractivity contribution in [2.24, 2.45) is 5.92 Å². The average Bonchev–Trinajstić information content (AvgIpc) is 2.31. The highest BCUT2D eigenvalue weighted by atomic mass is 16.5. The number of benzene rings is 1. The number of carbonyl (C=O) groups is 1. The third kappa shape index (κ3) is 4.47. The minimum atomic E-state index is 0.558. The number of aldehydes is 1. The van der Waals surface area contributed by atoms with E-state index >= 15 is 0 Å². The molecule has 0 aromatic heterocycles. The van der Waals surface area contributed by atoms with Gasteiger partial charge >= 0.3 is 0 Å². The Hall–Kier alpha value is -1.51. The van der Waals surface area contributed by atoms with Gasteiger partial charge in [-0.05, 0) is 37.5 Å². The van der Waals surface area contributed by atoms with E-state index in [0.717, 1.165) is 12.7 Å². The van der Waals surface area contributed by atoms with Gasteiger partial charge < -0.3 is 9.47 Å². The predicted octanol–water partition coefficient (Wildman–Crippen LogP) is 3.32. The third-order valence-electron chi connectivity index (χ3n) is 2.36. The highest BCUT2D eigenvalue weighted by Crippen LogP contribution is 2.28. The van der Waals surface area contributed by atoms with Gasteiger partial charge in [-0.3, -0.25) is 4.79 Å². The fraction of sp³-hybridized carbons (Fsp3) is 0.500. The largest absolute Gasteiger partial charge is 0.490 e. The van der Waals surface area contributed by atoms with Crippen LogP contribution in [0.5, 0.6) is 11.5 Å². The highest BCUT2D eigenvalue weighted by Gasteiger charge is 2.06. The van der Waals surface area contributed by atoms with E-state index in [1.54, 1.807) is 18.2 Å². The number of carbonyl (C=O) groups excluding carboxylic acids is 1. The molecule has 0 spiro atoms. The summed E-state index contributed by atoms with van der Waals surface area (Å²) in [6.45, 7) is 7.44. The third-order valence-corrected chi connectivity index (χ3v) is 2.36. The molecule has 1 aromatic carbocycles. The molecule has 1 aromatic rings. The molecule has 94 valence electrons. The second-order valence-electron chi connectivity index (χ2n) is 4.29. The quantitative estimate of drug-likeness (QED) is 0.681. The zero-order valence-corrected chi connectivity index (χ0v) is 10.7. The molecule has 0 fully saturated rings. The second-order valence-corrected chi connectivity index (χ2v) is 4.29. The van der Waals surface area contributed by atoms with E-state index in [1.165, 1.54) is 0 Å². The van der Waals surface area contributed by atoms with E-state index in [1.807, 2.05) is 6.92 Å². The predicted molar refractivity (Wildman–Crippen MR) is 67.9 cm³/mol. The summed E-state index contributed by atoms with van der Waals surface area (Å²) in [7, 11) is 0. The molecule has 0 radical (unpaired) electrons. The lowest BCUT2D eigenvalue weighted by molar-refractivity contribution is 0.112. The van der Waals surface area contributed by atoms with Gasteiger partial charge in [0.15, 0.2) is 11.5 Å². The van der Waals surface area contributed by atoms with Crippen LogP contribution in [0, 0.1) is 5.92 Å². The maximum atomic E-state index is 10.7. The Labute approximate surface area is 103 Å². The number of hydrogen-bond acceptors (Lipinski definition) is 3. The van der Waals surface area contributed by atoms with E-state index in [0.29, 0.717) is 36.2 Å². The first-order chi connectivity index (χ1) is 8.17. The van der Waals surface area contributed by atoms with Crippen molar-refractivity contribution in [1.29, 1.82) is 0 Å². The Kier molecular flexibility index (Phi) is 5.53. The van der Waals surface area contributed by atoms with Crippen molar-refractivity contribution in [3.8, 4) is 11.5 Å². The second kappa shape index (κ2) is 6.94. The maximum absolute atomic E-state index is 10.7. The van der Waals surface area contributed by atoms with Gasteiger partial charge in [-0.2, -0.15) is 0 Å². The first-order valence-electron chi connectivity index (χ1n) is 6.02. The normalized spacial score (nSPS) is 10.4. The molecule has 0 saturated carbocycles. The lowest BCUT2D eigenvalue weighted by Gasteiger charge is -2.13. The summed E-state index contributed by atoms with van der Waals surface area (Å²) in [5.41, 5.74) is 0.602. The van der Waals surface area contributed by atoms with Gasteiger partial charge in [0.2, 0.25) is 0 Å². The Morgan fingerprint density at radius 1 is 1.24 bits per heavy atom. The highest BCUT2D eigenvalue weighted by molar-refractivity contribution is 5.76. The molecular weight excluding hydrogens is 216 g/mol. The lowest BCUT2D eigenvalue weighted by Crippen LogP contribution is -2.04. The molecule has 0 aliphatic rings. The molecule has 0 amide bonds. The van der Waals surface area contributed by atoms with E-state index in [-0.39, 0.29) is 0 Å². The zero-order valence-electron chi connectivity index (χ0n) is 10.7. The molecule has 0 unspecified atom stereocenters. The Balaban J connectivity index is 2.71. The number of rotatable bonds is 7. The Morgan fingerprint density at radius 2 is 2.00 bits per heavy atom. The van der Waals surface area contributed by atoms with Crippen LogP contribution in [0.25, 0.3) is 0 Å². The van der Waals surface area contributed by atoms with Gasteiger partial charge in [0.1, 0.15) is 6.29 Å². The minimum absolute atomic E-state index is 0.558. The van der Waals surface area contributed by atoms with Crippen LogP contribution in [-0.2, 0) is 0 Å². The molecule has 3 nitrogen and oxygen atoms in total. The van der Waals surface area contributed by atoms with Crippen LogP contribution in [0.4, 0.5) is 0 Å². The van der Waals surface area contributed by atoms with E-state index in [2.05, 4.69) is 13.8 Å². The summed E-state index contributed by atoms with van der Waals surface area (Å²) in [6.07, 6.45) is 1.81. The maximum Gasteiger partial charge on any atom is 0.161 e. The van der Waals surface area contributed by atoms with Gasteiger partial charge in [-0.25, -0.2) is 0 Å². The number of ether oxygens (including phenoxy) is 2. The van der Waals surface area contributed by atoms with Gasteiger partial charge in [-0.15, -0.1) is 0 Å². The van der Waals surface area contributed by atoms with Crippen molar-refractivity contribution in [3.05, 3.63) is 23.8 Å². The fourth-order valence-electron chi connectivity index (χ4n) is 1.39. The van der Waals surface area contributed by atoms with Crippen LogP contribution in [-0.4, -0.2) is 19.5 Å². The van der Waals surface area contributed by atoms with Crippen LogP contribution >= 0.6 is 0 Å². The van der Waals surface area contributed by atoms with Gasteiger partial charge in [0, 0.05) is 5.56 Å². The zero-order chi connectivity index (χ0) is 12.7. The molecule has 0 heterocycles. The molecular formula is C14H20O3. The van der Waals surface area contributed by atoms with Crippen molar-refractivity contribution < 1.29 is 14.3 Å². The van der Waals surface area contributed by atoms with Crippen molar-refractivity contribution in [2.75, 3.05) is 13.2 Å². The number of hydrogen-bond donors (Lipinski definition) is 0. The standard InChI is InChI=1S/C14H20O3/c1-4-16-14-9-12(10-15)5-6-13(14)17-8-7-11(2)3/h5-6,9-11H,4,7-8H2,1-3H3. The average molecular weight is 236 g/mol. The van der Waals surface area contributed by atoms with Crippen molar-refractivity contribution in [2.45, 2.75) is 27.2 Å². The monoisotopic (exact) mass is 236 g/mol. The van der Waals surface area contributed by atoms with Crippen LogP contribution in [0.2, 0.25) is 0 Å². The van der Waals surface area contributed by atoms with E-state index in [4.69, 9.17) is 9.47 Å². The molecule has 17 heavy (non-hydrogen) atoms. The van der Waals surface area contributed by atoms with Crippen LogP contribution < -0.4 is 9.47 Å². The van der Waals surface area contributed by atoms with Gasteiger partial charge in [0.25, 0.3) is 0 Å². The molecule has 0 atom stereocenters. The van der Waals surface area contributed by atoms with Crippen LogP contribution in [0.15, 0.2) is 18.2 Å². The molecule has 0 aliphatic heterocycles. The van der Waals surface area contributed by atoms with Gasteiger partial charge in [-0.1, -0.05) is 13.8 Å². The summed E-state index contributed by atoms with van der Waals surface area (Å²) in [5.74, 6) is 1.96. The first-order valence-corrected chi connectivity index (χ1v) is 6.02. The van der Waals surface area contributed by atoms with Crippen molar-refractivity contribution >= 4 is 6.29 Å². The first kappa shape index (κ1) is 13.6. The molecule has 1 rings (SSSR count). The molecule has 0 N–H and O–H groups in total. The molecule has 0 bridgehead atoms. The van der Waals surface area contributed by atoms with Crippen molar-refractivity contribution in [3.63, 3.8) is 0 Å². The molecule has 0 saturated heterocycles. The smallest absolute Gasteiger partial charge is 0.161 e. The molecule has 3 heteroatoms. The Bertz CT molecular complexity index is 358. The summed E-state index contributed by atoms with van der Waals surface area (Å²) in [4.78, 5) is 10.7.